The quantitative estimate of drug-likeness (QED) is 0.625. The summed E-state index contributed by atoms with van der Waals surface area (Å²) in [6, 6.07) is 5.55. The summed E-state index contributed by atoms with van der Waals surface area (Å²) in [5, 5.41) is 12.2. The predicted octanol–water partition coefficient (Wildman–Crippen LogP) is 1.30. The topological polar surface area (TPSA) is 58.5 Å². The van der Waals surface area contributed by atoms with E-state index in [0.717, 1.165) is 0 Å². The molecule has 1 aromatic rings. The molecule has 60 valence electrons. The molecule has 0 aliphatic carbocycles. The van der Waals surface area contributed by atoms with Crippen LogP contribution in [0.5, 0.6) is 0 Å². The maximum atomic E-state index is 8.50. The van der Waals surface area contributed by atoms with E-state index in [4.69, 9.17) is 14.5 Å². The minimum atomic E-state index is -0.454. The van der Waals surface area contributed by atoms with Gasteiger partial charge in [-0.25, -0.2) is 0 Å². The van der Waals surface area contributed by atoms with Gasteiger partial charge in [0.2, 0.25) is 6.10 Å². The second-order valence-electron chi connectivity index (χ2n) is 2.44. The van der Waals surface area contributed by atoms with Gasteiger partial charge in [0.05, 0.1) is 12.7 Å². The molecule has 0 saturated carbocycles. The standard InChI is InChI=1S/C8H6N2O2/c9-5-6-4-7(10-12-6)8-2-1-3-11-8/h1-3,6H,4H2. The van der Waals surface area contributed by atoms with Crippen molar-refractivity contribution < 1.29 is 9.25 Å². The van der Waals surface area contributed by atoms with E-state index in [2.05, 4.69) is 5.16 Å². The summed E-state index contributed by atoms with van der Waals surface area (Å²) in [6.07, 6.45) is 1.62. The summed E-state index contributed by atoms with van der Waals surface area (Å²) in [4.78, 5) is 4.81. The molecule has 0 aromatic carbocycles. The van der Waals surface area contributed by atoms with Crippen LogP contribution in [0, 0.1) is 11.3 Å². The molecule has 1 aromatic heterocycles. The maximum Gasteiger partial charge on any atom is 0.218 e. The normalized spacial score (nSPS) is 21.2. The first kappa shape index (κ1) is 6.92. The molecule has 0 N–H and O–H groups in total. The lowest BCUT2D eigenvalue weighted by Crippen LogP contribution is -2.04. The Morgan fingerprint density at radius 1 is 1.67 bits per heavy atom. The molecule has 4 heteroatoms. The number of furan rings is 1. The van der Waals surface area contributed by atoms with E-state index >= 15 is 0 Å². The highest BCUT2D eigenvalue weighted by Gasteiger charge is 2.22. The molecule has 1 aliphatic heterocycles. The average Bonchev–Trinajstić information content (AvgIpc) is 2.75. The molecule has 0 amide bonds. The van der Waals surface area contributed by atoms with Crippen molar-refractivity contribution >= 4 is 5.71 Å². The van der Waals surface area contributed by atoms with Gasteiger partial charge in [0.1, 0.15) is 11.8 Å². The van der Waals surface area contributed by atoms with Crippen LogP contribution in [0.2, 0.25) is 0 Å². The fourth-order valence-electron chi connectivity index (χ4n) is 1.03. The Bertz CT molecular complexity index is 334. The van der Waals surface area contributed by atoms with E-state index in [1.54, 1.807) is 18.4 Å². The van der Waals surface area contributed by atoms with Crippen molar-refractivity contribution in [3.8, 4) is 6.07 Å². The zero-order valence-electron chi connectivity index (χ0n) is 6.23. The number of rotatable bonds is 1. The molecule has 0 radical (unpaired) electrons. The minimum Gasteiger partial charge on any atom is -0.463 e. The molecule has 12 heavy (non-hydrogen) atoms. The van der Waals surface area contributed by atoms with Gasteiger partial charge >= 0.3 is 0 Å². The van der Waals surface area contributed by atoms with Gasteiger partial charge in [-0.3, -0.25) is 0 Å². The Morgan fingerprint density at radius 2 is 2.58 bits per heavy atom. The first-order valence-corrected chi connectivity index (χ1v) is 3.56. The van der Waals surface area contributed by atoms with Crippen molar-refractivity contribution in [3.63, 3.8) is 0 Å². The third-order valence-electron chi connectivity index (χ3n) is 1.62. The molecule has 0 saturated heterocycles. The molecular formula is C8H6N2O2. The maximum absolute atomic E-state index is 8.50. The van der Waals surface area contributed by atoms with E-state index in [1.807, 2.05) is 6.07 Å². The highest BCUT2D eigenvalue weighted by atomic mass is 16.6. The molecular weight excluding hydrogens is 156 g/mol. The first-order valence-electron chi connectivity index (χ1n) is 3.56. The highest BCUT2D eigenvalue weighted by Crippen LogP contribution is 2.15. The van der Waals surface area contributed by atoms with E-state index in [0.29, 0.717) is 17.9 Å². The number of hydrogen-bond acceptors (Lipinski definition) is 4. The Hall–Kier alpha value is -1.76. The van der Waals surface area contributed by atoms with Gasteiger partial charge in [0.25, 0.3) is 0 Å². The first-order chi connectivity index (χ1) is 5.90. The van der Waals surface area contributed by atoms with Crippen LogP contribution >= 0.6 is 0 Å². The number of nitriles is 1. The van der Waals surface area contributed by atoms with Gasteiger partial charge in [-0.2, -0.15) is 5.26 Å². The van der Waals surface area contributed by atoms with Gasteiger partial charge in [0.15, 0.2) is 5.76 Å². The SMILES string of the molecule is N#CC1CC(c2ccco2)=NO1. The zero-order chi connectivity index (χ0) is 8.39. The Morgan fingerprint density at radius 3 is 3.17 bits per heavy atom. The molecule has 1 aliphatic rings. The fourth-order valence-corrected chi connectivity index (χ4v) is 1.03. The lowest BCUT2D eigenvalue weighted by Gasteiger charge is -1.91. The lowest BCUT2D eigenvalue weighted by molar-refractivity contribution is 0.125. The van der Waals surface area contributed by atoms with Crippen LogP contribution in [0.1, 0.15) is 12.2 Å². The molecule has 0 bridgehead atoms. The van der Waals surface area contributed by atoms with Crippen LogP contribution in [0.15, 0.2) is 28.0 Å². The molecule has 2 heterocycles. The van der Waals surface area contributed by atoms with Gasteiger partial charge < -0.3 is 9.25 Å². The molecule has 1 unspecified atom stereocenters. The summed E-state index contributed by atoms with van der Waals surface area (Å²) >= 11 is 0. The largest absolute Gasteiger partial charge is 0.463 e. The van der Waals surface area contributed by atoms with Crippen LogP contribution in [0.3, 0.4) is 0 Å². The van der Waals surface area contributed by atoms with Gasteiger partial charge in [-0.05, 0) is 12.1 Å². The van der Waals surface area contributed by atoms with Crippen molar-refractivity contribution in [2.75, 3.05) is 0 Å². The van der Waals surface area contributed by atoms with Crippen LogP contribution in [-0.4, -0.2) is 11.8 Å². The summed E-state index contributed by atoms with van der Waals surface area (Å²) in [7, 11) is 0. The third kappa shape index (κ3) is 1.05. The van der Waals surface area contributed by atoms with Gasteiger partial charge in [0, 0.05) is 0 Å². The highest BCUT2D eigenvalue weighted by molar-refractivity contribution is 5.99. The average molecular weight is 162 g/mol. The lowest BCUT2D eigenvalue weighted by atomic mass is 10.1. The summed E-state index contributed by atoms with van der Waals surface area (Å²) in [6.45, 7) is 0. The van der Waals surface area contributed by atoms with Crippen molar-refractivity contribution in [1.82, 2.24) is 0 Å². The summed E-state index contributed by atoms with van der Waals surface area (Å²) in [5.74, 6) is 0.674. The smallest absolute Gasteiger partial charge is 0.218 e. The summed E-state index contributed by atoms with van der Waals surface area (Å²) < 4.78 is 5.09. The van der Waals surface area contributed by atoms with E-state index < -0.39 is 6.10 Å². The summed E-state index contributed by atoms with van der Waals surface area (Å²) in [5.41, 5.74) is 0.701. The van der Waals surface area contributed by atoms with Crippen molar-refractivity contribution in [3.05, 3.63) is 24.2 Å². The van der Waals surface area contributed by atoms with Crippen LogP contribution < -0.4 is 0 Å². The van der Waals surface area contributed by atoms with Crippen LogP contribution in [0.25, 0.3) is 0 Å². The second-order valence-corrected chi connectivity index (χ2v) is 2.44. The van der Waals surface area contributed by atoms with Crippen LogP contribution in [-0.2, 0) is 4.84 Å². The van der Waals surface area contributed by atoms with E-state index in [-0.39, 0.29) is 0 Å². The minimum absolute atomic E-state index is 0.454. The number of hydrogen-bond donors (Lipinski definition) is 0. The van der Waals surface area contributed by atoms with E-state index in [1.165, 1.54) is 0 Å². The van der Waals surface area contributed by atoms with E-state index in [9.17, 15) is 0 Å². The Balaban J connectivity index is 2.15. The molecule has 0 spiro atoms. The molecule has 0 fully saturated rings. The number of oxime groups is 1. The zero-order valence-corrected chi connectivity index (χ0v) is 6.23. The predicted molar refractivity (Wildman–Crippen MR) is 40.3 cm³/mol. The molecule has 2 rings (SSSR count). The van der Waals surface area contributed by atoms with Crippen molar-refractivity contribution in [2.24, 2.45) is 5.16 Å². The van der Waals surface area contributed by atoms with Crippen molar-refractivity contribution in [2.45, 2.75) is 12.5 Å². The van der Waals surface area contributed by atoms with Gasteiger partial charge in [-0.1, -0.05) is 5.16 Å². The van der Waals surface area contributed by atoms with Crippen LogP contribution in [0.4, 0.5) is 0 Å². The van der Waals surface area contributed by atoms with Crippen molar-refractivity contribution in [1.29, 1.82) is 5.26 Å². The monoisotopic (exact) mass is 162 g/mol. The Labute approximate surface area is 69.0 Å². The molecule has 4 nitrogen and oxygen atoms in total. The third-order valence-corrected chi connectivity index (χ3v) is 1.62. The fraction of sp³-hybridized carbons (Fsp3) is 0.250. The molecule has 1 atom stereocenters. The van der Waals surface area contributed by atoms with Gasteiger partial charge in [-0.15, -0.1) is 0 Å². The second kappa shape index (κ2) is 2.70. The Kier molecular flexibility index (Phi) is 1.56. The number of nitrogens with zero attached hydrogens (tertiary/aromatic N) is 2.